The standard InChI is InChI=1S/C25H26F3N7O/c1-2-33-9-11-34(12-10-33)14-18-5-3-4-6-20(18)22-16-35(32-29-22)15-19-8-7-17(13-21(19)26)24-30-31-25(36-24)23(27)28/h3-8,13,16,23H,2,9-12,14-15H2,1H3. The number of piperazine rings is 1. The SMILES string of the molecule is CCN1CCN(Cc2ccccc2-c2cn(Cc3ccc(-c4nnc(C(F)F)o4)cc3F)nn2)CC1. The van der Waals surface area contributed by atoms with E-state index in [4.69, 9.17) is 4.42 Å². The van der Waals surface area contributed by atoms with Crippen molar-refractivity contribution in [1.82, 2.24) is 35.0 Å². The molecule has 0 atom stereocenters. The molecule has 4 aromatic rings. The minimum absolute atomic E-state index is 0.159. The van der Waals surface area contributed by atoms with E-state index in [-0.39, 0.29) is 18.0 Å². The molecule has 2 aromatic carbocycles. The summed E-state index contributed by atoms with van der Waals surface area (Å²) in [5.74, 6) is -1.49. The summed E-state index contributed by atoms with van der Waals surface area (Å²) in [6.45, 7) is 8.44. The monoisotopic (exact) mass is 497 g/mol. The second-order valence-electron chi connectivity index (χ2n) is 8.72. The molecule has 1 fully saturated rings. The second kappa shape index (κ2) is 10.6. The molecular formula is C25H26F3N7O. The number of likely N-dealkylation sites (N-methyl/N-ethyl adjacent to an activating group) is 1. The van der Waals surface area contributed by atoms with Gasteiger partial charge >= 0.3 is 6.43 Å². The van der Waals surface area contributed by atoms with Gasteiger partial charge in [0.15, 0.2) is 0 Å². The molecule has 2 aromatic heterocycles. The first-order valence-corrected chi connectivity index (χ1v) is 11.8. The van der Waals surface area contributed by atoms with Crippen molar-refractivity contribution in [3.8, 4) is 22.7 Å². The number of aromatic nitrogens is 5. The van der Waals surface area contributed by atoms with Crippen molar-refractivity contribution < 1.29 is 17.6 Å². The van der Waals surface area contributed by atoms with Crippen LogP contribution in [0, 0.1) is 5.82 Å². The molecule has 36 heavy (non-hydrogen) atoms. The van der Waals surface area contributed by atoms with Gasteiger partial charge in [-0.2, -0.15) is 8.78 Å². The summed E-state index contributed by atoms with van der Waals surface area (Å²) >= 11 is 0. The summed E-state index contributed by atoms with van der Waals surface area (Å²) in [5.41, 5.74) is 3.49. The summed E-state index contributed by atoms with van der Waals surface area (Å²) in [6.07, 6.45) is -1.08. The molecule has 0 unspecified atom stereocenters. The van der Waals surface area contributed by atoms with Crippen LogP contribution in [0.25, 0.3) is 22.7 Å². The largest absolute Gasteiger partial charge is 0.415 e. The lowest BCUT2D eigenvalue weighted by Crippen LogP contribution is -2.45. The van der Waals surface area contributed by atoms with E-state index < -0.39 is 18.1 Å². The van der Waals surface area contributed by atoms with Crippen LogP contribution in [0.15, 0.2) is 53.1 Å². The Bertz CT molecular complexity index is 1310. The molecule has 1 saturated heterocycles. The number of halogens is 3. The maximum Gasteiger partial charge on any atom is 0.314 e. The van der Waals surface area contributed by atoms with Crippen LogP contribution in [0.2, 0.25) is 0 Å². The Labute approximate surface area is 206 Å². The van der Waals surface area contributed by atoms with Crippen LogP contribution < -0.4 is 0 Å². The van der Waals surface area contributed by atoms with Crippen molar-refractivity contribution in [1.29, 1.82) is 0 Å². The van der Waals surface area contributed by atoms with Gasteiger partial charge in [-0.15, -0.1) is 15.3 Å². The molecule has 0 saturated carbocycles. The van der Waals surface area contributed by atoms with E-state index in [0.29, 0.717) is 5.56 Å². The van der Waals surface area contributed by atoms with E-state index in [2.05, 4.69) is 43.3 Å². The molecule has 0 N–H and O–H groups in total. The fourth-order valence-electron chi connectivity index (χ4n) is 4.33. The summed E-state index contributed by atoms with van der Waals surface area (Å²) < 4.78 is 46.6. The van der Waals surface area contributed by atoms with Crippen LogP contribution in [-0.4, -0.2) is 67.7 Å². The van der Waals surface area contributed by atoms with Crippen LogP contribution in [0.4, 0.5) is 13.2 Å². The molecule has 0 spiro atoms. The van der Waals surface area contributed by atoms with Crippen molar-refractivity contribution in [2.45, 2.75) is 26.4 Å². The normalized spacial score (nSPS) is 15.1. The average molecular weight is 498 g/mol. The third kappa shape index (κ3) is 5.31. The zero-order valence-corrected chi connectivity index (χ0v) is 19.8. The van der Waals surface area contributed by atoms with Gasteiger partial charge in [-0.25, -0.2) is 9.07 Å². The highest BCUT2D eigenvalue weighted by Crippen LogP contribution is 2.26. The van der Waals surface area contributed by atoms with Gasteiger partial charge in [0.25, 0.3) is 5.89 Å². The molecule has 1 aliphatic rings. The molecule has 3 heterocycles. The molecule has 5 rings (SSSR count). The van der Waals surface area contributed by atoms with Gasteiger partial charge in [0.05, 0.1) is 12.7 Å². The molecular weight excluding hydrogens is 471 g/mol. The smallest absolute Gasteiger partial charge is 0.314 e. The zero-order chi connectivity index (χ0) is 25.1. The van der Waals surface area contributed by atoms with Gasteiger partial charge in [0.2, 0.25) is 5.89 Å². The summed E-state index contributed by atoms with van der Waals surface area (Å²) in [7, 11) is 0. The minimum Gasteiger partial charge on any atom is -0.415 e. The number of benzene rings is 2. The number of hydrogen-bond donors (Lipinski definition) is 0. The number of nitrogens with zero attached hydrogens (tertiary/aromatic N) is 7. The Kier molecular flexibility index (Phi) is 7.10. The van der Waals surface area contributed by atoms with E-state index in [0.717, 1.165) is 50.5 Å². The Balaban J connectivity index is 1.29. The predicted molar refractivity (Wildman–Crippen MR) is 127 cm³/mol. The first-order valence-electron chi connectivity index (χ1n) is 11.8. The molecule has 8 nitrogen and oxygen atoms in total. The summed E-state index contributed by atoms with van der Waals surface area (Å²) in [4.78, 5) is 4.89. The number of hydrogen-bond acceptors (Lipinski definition) is 7. The Morgan fingerprint density at radius 3 is 2.42 bits per heavy atom. The number of rotatable bonds is 8. The van der Waals surface area contributed by atoms with Crippen molar-refractivity contribution >= 4 is 0 Å². The van der Waals surface area contributed by atoms with E-state index in [1.54, 1.807) is 23.0 Å². The fraction of sp³-hybridized carbons (Fsp3) is 0.360. The summed E-state index contributed by atoms with van der Waals surface area (Å²) in [6, 6.07) is 12.4. The predicted octanol–water partition coefficient (Wildman–Crippen LogP) is 4.26. The van der Waals surface area contributed by atoms with Gasteiger partial charge < -0.3 is 9.32 Å². The van der Waals surface area contributed by atoms with Crippen LogP contribution in [0.1, 0.15) is 30.4 Å². The maximum absolute atomic E-state index is 14.8. The summed E-state index contributed by atoms with van der Waals surface area (Å²) in [5, 5.41) is 15.4. The van der Waals surface area contributed by atoms with E-state index in [9.17, 15) is 13.2 Å². The fourth-order valence-corrected chi connectivity index (χ4v) is 4.33. The molecule has 188 valence electrons. The van der Waals surface area contributed by atoms with Gasteiger partial charge in [0.1, 0.15) is 11.5 Å². The first kappa shape index (κ1) is 24.1. The van der Waals surface area contributed by atoms with E-state index in [1.165, 1.54) is 11.6 Å². The van der Waals surface area contributed by atoms with Gasteiger partial charge in [-0.05, 0) is 24.2 Å². The quantitative estimate of drug-likeness (QED) is 0.360. The second-order valence-corrected chi connectivity index (χ2v) is 8.72. The van der Waals surface area contributed by atoms with Crippen molar-refractivity contribution in [2.75, 3.05) is 32.7 Å². The van der Waals surface area contributed by atoms with Crippen LogP contribution >= 0.6 is 0 Å². The molecule has 0 radical (unpaired) electrons. The Morgan fingerprint density at radius 1 is 0.917 bits per heavy atom. The third-order valence-corrected chi connectivity index (χ3v) is 6.40. The van der Waals surface area contributed by atoms with Gasteiger partial charge in [-0.1, -0.05) is 42.5 Å². The van der Waals surface area contributed by atoms with E-state index in [1.807, 2.05) is 18.2 Å². The lowest BCUT2D eigenvalue weighted by atomic mass is 10.0. The molecule has 0 amide bonds. The van der Waals surface area contributed by atoms with Crippen LogP contribution in [-0.2, 0) is 13.1 Å². The highest BCUT2D eigenvalue weighted by Gasteiger charge is 2.19. The highest BCUT2D eigenvalue weighted by atomic mass is 19.3. The molecule has 0 aliphatic carbocycles. The molecule has 0 bridgehead atoms. The van der Waals surface area contributed by atoms with Crippen molar-refractivity contribution in [3.05, 3.63) is 71.5 Å². The topological polar surface area (TPSA) is 76.1 Å². The van der Waals surface area contributed by atoms with Crippen molar-refractivity contribution in [2.24, 2.45) is 0 Å². The van der Waals surface area contributed by atoms with E-state index >= 15 is 0 Å². The Morgan fingerprint density at radius 2 is 1.69 bits per heavy atom. The van der Waals surface area contributed by atoms with Crippen molar-refractivity contribution in [3.63, 3.8) is 0 Å². The first-order chi connectivity index (χ1) is 17.5. The Hall–Kier alpha value is -3.57. The van der Waals surface area contributed by atoms with Crippen LogP contribution in [0.3, 0.4) is 0 Å². The lowest BCUT2D eigenvalue weighted by Gasteiger charge is -2.34. The van der Waals surface area contributed by atoms with Gasteiger partial charge in [0, 0.05) is 49.4 Å². The highest BCUT2D eigenvalue weighted by molar-refractivity contribution is 5.62. The van der Waals surface area contributed by atoms with Gasteiger partial charge in [-0.3, -0.25) is 4.90 Å². The molecule has 1 aliphatic heterocycles. The third-order valence-electron chi connectivity index (χ3n) is 6.40. The number of alkyl halides is 2. The minimum atomic E-state index is -2.88. The zero-order valence-electron chi connectivity index (χ0n) is 19.8. The lowest BCUT2D eigenvalue weighted by molar-refractivity contribution is 0.116. The molecule has 11 heteroatoms. The average Bonchev–Trinajstić information content (AvgIpc) is 3.57. The maximum atomic E-state index is 14.8. The van der Waals surface area contributed by atoms with Crippen LogP contribution in [0.5, 0.6) is 0 Å².